The average Bonchev–Trinajstić information content (AvgIpc) is 3.23. The molecule has 0 amide bonds. The lowest BCUT2D eigenvalue weighted by molar-refractivity contribution is -0.490. The molecule has 8 rings (SSSR count). The van der Waals surface area contributed by atoms with E-state index in [9.17, 15) is 5.11 Å². The second-order valence-electron chi connectivity index (χ2n) is 14.6. The zero-order valence-electron chi connectivity index (χ0n) is 25.3. The van der Waals surface area contributed by atoms with Gasteiger partial charge in [-0.25, -0.2) is 4.58 Å². The Morgan fingerprint density at radius 2 is 1.56 bits per heavy atom. The maximum atomic E-state index is 12.2. The van der Waals surface area contributed by atoms with Crippen LogP contribution in [0.5, 0.6) is 0 Å². The monoisotopic (exact) mass is 543 g/mol. The maximum absolute atomic E-state index is 12.2. The molecule has 0 saturated heterocycles. The second kappa shape index (κ2) is 7.35. The van der Waals surface area contributed by atoms with Gasteiger partial charge in [0.05, 0.1) is 5.92 Å². The number of methoxy groups -OCH3 is 1. The molecule has 1 N–H and O–H groups in total. The van der Waals surface area contributed by atoms with Crippen LogP contribution in [0.1, 0.15) is 82.2 Å². The van der Waals surface area contributed by atoms with Crippen LogP contribution >= 0.6 is 0 Å². The highest BCUT2D eigenvalue weighted by Gasteiger charge is 2.92. The Kier molecular flexibility index (Phi) is 4.55. The minimum absolute atomic E-state index is 0.0471. The van der Waals surface area contributed by atoms with Crippen molar-refractivity contribution in [2.75, 3.05) is 7.11 Å². The van der Waals surface area contributed by atoms with Gasteiger partial charge in [-0.15, -0.1) is 0 Å². The Morgan fingerprint density at radius 1 is 0.854 bits per heavy atom. The number of hydrogen-bond donors (Lipinski definition) is 1. The van der Waals surface area contributed by atoms with Crippen LogP contribution in [-0.4, -0.2) is 46.2 Å². The third-order valence-corrected chi connectivity index (χ3v) is 11.6. The van der Waals surface area contributed by atoms with Gasteiger partial charge in [-0.05, 0) is 63.1 Å². The normalized spacial score (nSPS) is 32.4. The number of aliphatic hydroxyl groups is 1. The lowest BCUT2D eigenvalue weighted by atomic mass is 9.73. The Balaban J connectivity index is 1.52. The van der Waals surface area contributed by atoms with Gasteiger partial charge in [-0.2, -0.15) is 0 Å². The first-order chi connectivity index (χ1) is 19.3. The molecule has 4 aliphatic rings. The van der Waals surface area contributed by atoms with Gasteiger partial charge in [0.25, 0.3) is 6.34 Å². The van der Waals surface area contributed by atoms with Gasteiger partial charge in [0, 0.05) is 18.1 Å². The number of benzene rings is 4. The molecule has 41 heavy (non-hydrogen) atoms. The van der Waals surface area contributed by atoms with Crippen molar-refractivity contribution in [3.63, 3.8) is 0 Å². The lowest BCUT2D eigenvalue weighted by Crippen LogP contribution is -2.50. The van der Waals surface area contributed by atoms with Gasteiger partial charge in [0.15, 0.2) is 11.6 Å². The summed E-state index contributed by atoms with van der Waals surface area (Å²) in [6, 6.07) is 24.9. The van der Waals surface area contributed by atoms with Crippen molar-refractivity contribution in [1.29, 1.82) is 0 Å². The van der Waals surface area contributed by atoms with E-state index in [1.54, 1.807) is 7.11 Å². The van der Waals surface area contributed by atoms with Crippen molar-refractivity contribution >= 4 is 33.6 Å². The van der Waals surface area contributed by atoms with E-state index in [0.717, 1.165) is 5.56 Å². The van der Waals surface area contributed by atoms with E-state index in [-0.39, 0.29) is 22.8 Å². The molecule has 0 radical (unpaired) electrons. The van der Waals surface area contributed by atoms with Gasteiger partial charge >= 0.3 is 0 Å². The molecule has 1 fully saturated rings. The van der Waals surface area contributed by atoms with Crippen LogP contribution in [0.15, 0.2) is 71.7 Å². The number of rotatable bonds is 1. The van der Waals surface area contributed by atoms with Crippen molar-refractivity contribution in [1.82, 2.24) is 0 Å². The number of nitrogens with zero attached hydrogens (tertiary/aromatic N) is 2. The zero-order valence-corrected chi connectivity index (χ0v) is 25.3. The van der Waals surface area contributed by atoms with E-state index >= 15 is 0 Å². The standard InChI is InChI=1S/C37H39N2O2/c1-33(2,3)23-15-16-25-22(19-23)14-18-27-29(25)31-30-28-24-12-10-9-11-21(24)13-17-26(28)34(4,5)32(30)38-20-39(31)36(7)35(27,6)37(36,40)41-8/h9-20,30,32,40H,1-8H3/q+1. The fourth-order valence-electron chi connectivity index (χ4n) is 9.03. The summed E-state index contributed by atoms with van der Waals surface area (Å²) in [5, 5.41) is 17.2. The van der Waals surface area contributed by atoms with E-state index in [4.69, 9.17) is 9.73 Å². The van der Waals surface area contributed by atoms with Gasteiger partial charge in [0.2, 0.25) is 5.79 Å². The van der Waals surface area contributed by atoms with Crippen LogP contribution in [-0.2, 0) is 21.0 Å². The Bertz CT molecular complexity index is 1910. The largest absolute Gasteiger partial charge is 0.361 e. The Hall–Kier alpha value is -3.34. The number of aliphatic imine (C=N–C) groups is 1. The quantitative estimate of drug-likeness (QED) is 0.208. The van der Waals surface area contributed by atoms with Crippen molar-refractivity contribution < 1.29 is 14.4 Å². The molecule has 4 aromatic rings. The summed E-state index contributed by atoms with van der Waals surface area (Å²) in [7, 11) is 1.64. The van der Waals surface area contributed by atoms with Gasteiger partial charge in [-0.1, -0.05) is 106 Å². The molecule has 4 heteroatoms. The SMILES string of the molecule is COC1(O)C2(C)c3ccc4cc(C(C)(C)C)ccc4c3C3=[N+](C=NC4C3c3c(ccc5ccccc35)C4(C)C)C12C. The molecule has 2 heterocycles. The molecular formula is C37H39N2O2+. The summed E-state index contributed by atoms with van der Waals surface area (Å²) >= 11 is 0. The first-order valence-electron chi connectivity index (χ1n) is 14.9. The van der Waals surface area contributed by atoms with Gasteiger partial charge in [-0.3, -0.25) is 0 Å². The number of ether oxygens (including phenoxy) is 1. The van der Waals surface area contributed by atoms with Gasteiger partial charge in [0.1, 0.15) is 11.1 Å². The van der Waals surface area contributed by atoms with Crippen LogP contribution in [0.4, 0.5) is 0 Å². The Morgan fingerprint density at radius 3 is 2.29 bits per heavy atom. The van der Waals surface area contributed by atoms with Crippen LogP contribution in [0.2, 0.25) is 0 Å². The maximum Gasteiger partial charge on any atom is 0.281 e. The summed E-state index contributed by atoms with van der Waals surface area (Å²) in [6.45, 7) is 15.8. The summed E-state index contributed by atoms with van der Waals surface area (Å²) in [5.74, 6) is -1.31. The number of hydrogen-bond acceptors (Lipinski definition) is 3. The minimum Gasteiger partial charge on any atom is -0.361 e. The summed E-state index contributed by atoms with van der Waals surface area (Å²) in [6.07, 6.45) is 2.02. The molecule has 2 aliphatic heterocycles. The second-order valence-corrected chi connectivity index (χ2v) is 14.6. The first kappa shape index (κ1) is 25.4. The molecule has 4 nitrogen and oxygen atoms in total. The smallest absolute Gasteiger partial charge is 0.281 e. The molecule has 0 bridgehead atoms. The predicted molar refractivity (Wildman–Crippen MR) is 167 cm³/mol. The third kappa shape index (κ3) is 2.62. The molecule has 5 atom stereocenters. The highest BCUT2D eigenvalue weighted by Crippen LogP contribution is 2.71. The molecule has 5 unspecified atom stereocenters. The van der Waals surface area contributed by atoms with Gasteiger partial charge < -0.3 is 9.84 Å². The number of fused-ring (bicyclic) bond motifs is 13. The average molecular weight is 544 g/mol. The summed E-state index contributed by atoms with van der Waals surface area (Å²) < 4.78 is 8.31. The zero-order chi connectivity index (χ0) is 28.9. The van der Waals surface area contributed by atoms with Crippen LogP contribution in [0, 0.1) is 0 Å². The molecule has 1 saturated carbocycles. The minimum atomic E-state index is -1.36. The van der Waals surface area contributed by atoms with Crippen molar-refractivity contribution in [3.8, 4) is 0 Å². The summed E-state index contributed by atoms with van der Waals surface area (Å²) in [4.78, 5) is 5.32. The predicted octanol–water partition coefficient (Wildman–Crippen LogP) is 6.96. The molecule has 0 spiro atoms. The van der Waals surface area contributed by atoms with E-state index in [1.807, 2.05) is 6.34 Å². The fourth-order valence-corrected chi connectivity index (χ4v) is 9.03. The highest BCUT2D eigenvalue weighted by atomic mass is 16.6. The van der Waals surface area contributed by atoms with E-state index < -0.39 is 16.7 Å². The lowest BCUT2D eigenvalue weighted by Gasteiger charge is -2.35. The fraction of sp³-hybridized carbons (Fsp3) is 0.405. The molecule has 2 aliphatic carbocycles. The Labute approximate surface area is 242 Å². The van der Waals surface area contributed by atoms with Crippen LogP contribution in [0.25, 0.3) is 21.5 Å². The molecule has 208 valence electrons. The molecule has 0 aromatic heterocycles. The van der Waals surface area contributed by atoms with E-state index in [2.05, 4.69) is 120 Å². The van der Waals surface area contributed by atoms with Crippen molar-refractivity contribution in [3.05, 3.63) is 94.5 Å². The van der Waals surface area contributed by atoms with Crippen molar-refractivity contribution in [2.45, 2.75) is 88.0 Å². The van der Waals surface area contributed by atoms with E-state index in [1.165, 1.54) is 49.5 Å². The topological polar surface area (TPSA) is 44.8 Å². The van der Waals surface area contributed by atoms with Crippen LogP contribution < -0.4 is 0 Å². The molecule has 4 aromatic carbocycles. The van der Waals surface area contributed by atoms with E-state index in [0.29, 0.717) is 0 Å². The highest BCUT2D eigenvalue weighted by molar-refractivity contribution is 6.17. The third-order valence-electron chi connectivity index (χ3n) is 11.6. The summed E-state index contributed by atoms with van der Waals surface area (Å²) in [5.41, 5.74) is 6.28. The molecular weight excluding hydrogens is 504 g/mol. The van der Waals surface area contributed by atoms with Crippen LogP contribution in [0.3, 0.4) is 0 Å². The first-order valence-corrected chi connectivity index (χ1v) is 14.9. The van der Waals surface area contributed by atoms with Crippen molar-refractivity contribution in [2.24, 2.45) is 4.99 Å².